The second-order valence-electron chi connectivity index (χ2n) is 8.42. The van der Waals surface area contributed by atoms with Gasteiger partial charge in [0.1, 0.15) is 4.90 Å². The summed E-state index contributed by atoms with van der Waals surface area (Å²) >= 11 is 0. The van der Waals surface area contributed by atoms with Gasteiger partial charge in [0.15, 0.2) is 0 Å². The van der Waals surface area contributed by atoms with E-state index in [0.717, 1.165) is 11.6 Å². The van der Waals surface area contributed by atoms with Gasteiger partial charge in [-0.2, -0.15) is 0 Å². The molecular weight excluding hydrogens is 469 g/mol. The van der Waals surface area contributed by atoms with Gasteiger partial charge in [0.05, 0.1) is 29.6 Å². The van der Waals surface area contributed by atoms with Crippen LogP contribution >= 0.6 is 10.2 Å². The Labute approximate surface area is 187 Å². The predicted octanol–water partition coefficient (Wildman–Crippen LogP) is 5.08. The molecule has 33 heavy (non-hydrogen) atoms. The first-order valence-corrected chi connectivity index (χ1v) is 12.3. The Morgan fingerprint density at radius 2 is 1.67 bits per heavy atom. The maximum Gasteiger partial charge on any atom is 0.319 e. The van der Waals surface area contributed by atoms with Crippen molar-refractivity contribution >= 4 is 27.6 Å². The Balaban J connectivity index is 1.59. The van der Waals surface area contributed by atoms with Gasteiger partial charge in [-0.3, -0.25) is 0 Å². The Morgan fingerprint density at radius 1 is 1.00 bits per heavy atom. The molecule has 0 bridgehead atoms. The van der Waals surface area contributed by atoms with E-state index in [1.165, 1.54) is 0 Å². The summed E-state index contributed by atoms with van der Waals surface area (Å²) in [7, 11) is -9.98. The molecule has 12 heteroatoms. The summed E-state index contributed by atoms with van der Waals surface area (Å²) in [6.45, 7) is 0.563. The van der Waals surface area contributed by atoms with Crippen LogP contribution in [0.15, 0.2) is 47.4 Å². The van der Waals surface area contributed by atoms with Crippen LogP contribution in [0.5, 0.6) is 0 Å². The van der Waals surface area contributed by atoms with Crippen molar-refractivity contribution in [2.75, 3.05) is 23.3 Å². The molecule has 0 aromatic heterocycles. The number of aliphatic hydroxyl groups is 2. The minimum atomic E-state index is -9.98. The number of carbonyl (C=O) groups is 1. The van der Waals surface area contributed by atoms with Crippen molar-refractivity contribution in [3.63, 3.8) is 0 Å². The van der Waals surface area contributed by atoms with E-state index in [9.17, 15) is 34.4 Å². The number of urea groups is 1. The van der Waals surface area contributed by atoms with E-state index in [1.807, 2.05) is 0 Å². The summed E-state index contributed by atoms with van der Waals surface area (Å²) in [5.74, 6) is 0. The number of hydrogen-bond donors (Lipinski definition) is 4. The van der Waals surface area contributed by atoms with Crippen LogP contribution in [0, 0.1) is 0 Å². The zero-order valence-electron chi connectivity index (χ0n) is 17.4. The average molecular weight is 493 g/mol. The molecule has 1 heterocycles. The average Bonchev–Trinajstić information content (AvgIpc) is 3.02. The van der Waals surface area contributed by atoms with Gasteiger partial charge in [-0.05, 0) is 48.6 Å². The van der Waals surface area contributed by atoms with Crippen molar-refractivity contribution in [2.45, 2.75) is 42.4 Å². The maximum absolute atomic E-state index is 13.4. The van der Waals surface area contributed by atoms with Crippen molar-refractivity contribution in [1.29, 1.82) is 0 Å². The lowest BCUT2D eigenvalue weighted by molar-refractivity contribution is 0.144. The van der Waals surface area contributed by atoms with E-state index in [4.69, 9.17) is 0 Å². The van der Waals surface area contributed by atoms with Crippen molar-refractivity contribution in [3.8, 4) is 0 Å². The predicted molar refractivity (Wildman–Crippen MR) is 116 cm³/mol. The molecule has 2 aliphatic rings. The van der Waals surface area contributed by atoms with Crippen LogP contribution in [0.1, 0.15) is 30.1 Å². The Hall–Kier alpha value is -2.57. The highest BCUT2D eigenvalue weighted by molar-refractivity contribution is 8.45. The van der Waals surface area contributed by atoms with E-state index < -0.39 is 45.1 Å². The molecule has 0 radical (unpaired) electrons. The van der Waals surface area contributed by atoms with Gasteiger partial charge in [-0.25, -0.2) is 4.79 Å². The Kier molecular flexibility index (Phi) is 5.34. The minimum absolute atomic E-state index is 0.137. The largest absolute Gasteiger partial charge is 0.393 e. The van der Waals surface area contributed by atoms with Crippen LogP contribution in [0.3, 0.4) is 0 Å². The summed E-state index contributed by atoms with van der Waals surface area (Å²) in [6.07, 6.45) is -0.558. The van der Waals surface area contributed by atoms with Gasteiger partial charge < -0.3 is 25.7 Å². The van der Waals surface area contributed by atoms with Gasteiger partial charge >= 0.3 is 16.3 Å². The number of rotatable bonds is 4. The quantitative estimate of drug-likeness (QED) is 0.448. The molecule has 2 aromatic carbocycles. The summed E-state index contributed by atoms with van der Waals surface area (Å²) < 4.78 is 67.1. The molecule has 0 saturated carbocycles. The monoisotopic (exact) mass is 493 g/mol. The topological polar surface area (TPSA) is 84.8 Å². The third-order valence-corrected chi connectivity index (χ3v) is 7.12. The summed E-state index contributed by atoms with van der Waals surface area (Å²) in [4.78, 5) is 12.1. The molecule has 2 aromatic rings. The second-order valence-corrected chi connectivity index (χ2v) is 10.8. The molecule has 6 nitrogen and oxygen atoms in total. The normalized spacial score (nSPS) is 23.4. The standard InChI is InChI=1S/C21H24F5N3O3S/c22-33(23,24,25,26)15-5-6-19(29-9-7-14(30)8-10-29)17(12-15)27-21(32)28-18-11-13-3-1-2-4-16(13)20(18)31/h1-6,12,14,18,20,30-31H,7-11H2,(H2,27,28,32). The van der Waals surface area contributed by atoms with Crippen molar-refractivity contribution in [2.24, 2.45) is 0 Å². The highest BCUT2D eigenvalue weighted by atomic mass is 32.5. The smallest absolute Gasteiger partial charge is 0.319 e. The van der Waals surface area contributed by atoms with Crippen LogP contribution < -0.4 is 15.5 Å². The third kappa shape index (κ3) is 5.17. The molecule has 182 valence electrons. The molecule has 1 fully saturated rings. The zero-order chi connectivity index (χ0) is 24.1. The van der Waals surface area contributed by atoms with Gasteiger partial charge in [-0.1, -0.05) is 43.7 Å². The maximum atomic E-state index is 13.4. The molecule has 4 rings (SSSR count). The summed E-state index contributed by atoms with van der Waals surface area (Å²) in [6, 6.07) is 6.81. The van der Waals surface area contributed by atoms with Crippen LogP contribution in [0.4, 0.5) is 35.6 Å². The number of amides is 2. The number of carbonyl (C=O) groups excluding carboxylic acids is 1. The first-order chi connectivity index (χ1) is 15.2. The van der Waals surface area contributed by atoms with Crippen LogP contribution in [0.25, 0.3) is 0 Å². The Bertz CT molecular complexity index is 1080. The number of nitrogens with one attached hydrogen (secondary N) is 2. The number of benzene rings is 2. The lowest BCUT2D eigenvalue weighted by atomic mass is 10.1. The molecular formula is C21H24F5N3O3S. The number of nitrogens with zero attached hydrogens (tertiary/aromatic N) is 1. The molecule has 2 atom stereocenters. The number of anilines is 2. The highest BCUT2D eigenvalue weighted by Gasteiger charge is 2.65. The number of fused-ring (bicyclic) bond motifs is 1. The zero-order valence-corrected chi connectivity index (χ0v) is 18.2. The van der Waals surface area contributed by atoms with Gasteiger partial charge in [0, 0.05) is 13.1 Å². The van der Waals surface area contributed by atoms with Gasteiger partial charge in [-0.15, -0.1) is 0 Å². The van der Waals surface area contributed by atoms with E-state index in [1.54, 1.807) is 29.2 Å². The lowest BCUT2D eigenvalue weighted by Gasteiger charge is -2.41. The van der Waals surface area contributed by atoms with Gasteiger partial charge in [0.2, 0.25) is 0 Å². The van der Waals surface area contributed by atoms with Gasteiger partial charge in [0.25, 0.3) is 0 Å². The first-order valence-electron chi connectivity index (χ1n) is 10.4. The molecule has 1 aliphatic carbocycles. The molecule has 1 aliphatic heterocycles. The van der Waals surface area contributed by atoms with Crippen molar-refractivity contribution in [3.05, 3.63) is 53.6 Å². The van der Waals surface area contributed by atoms with Crippen LogP contribution in [-0.4, -0.2) is 41.5 Å². The molecule has 0 spiro atoms. The summed E-state index contributed by atoms with van der Waals surface area (Å²) in [5.41, 5.74) is 1.17. The lowest BCUT2D eigenvalue weighted by Crippen LogP contribution is -2.41. The van der Waals surface area contributed by atoms with E-state index >= 15 is 0 Å². The Morgan fingerprint density at radius 3 is 2.30 bits per heavy atom. The van der Waals surface area contributed by atoms with Crippen molar-refractivity contribution in [1.82, 2.24) is 5.32 Å². The number of piperidine rings is 1. The summed E-state index contributed by atoms with van der Waals surface area (Å²) in [5, 5.41) is 24.9. The molecule has 2 unspecified atom stereocenters. The third-order valence-electron chi connectivity index (χ3n) is 5.98. The first kappa shape index (κ1) is 23.6. The number of aliphatic hydroxyl groups excluding tert-OH is 2. The fourth-order valence-electron chi connectivity index (χ4n) is 4.27. The van der Waals surface area contributed by atoms with E-state index in [2.05, 4.69) is 10.6 Å². The van der Waals surface area contributed by atoms with Crippen LogP contribution in [0.2, 0.25) is 0 Å². The van der Waals surface area contributed by atoms with E-state index in [0.29, 0.717) is 30.9 Å². The fourth-order valence-corrected chi connectivity index (χ4v) is 4.93. The molecule has 4 N–H and O–H groups in total. The number of halogens is 5. The fraction of sp³-hybridized carbons (Fsp3) is 0.381. The highest BCUT2D eigenvalue weighted by Crippen LogP contribution is 3.02. The van der Waals surface area contributed by atoms with E-state index in [-0.39, 0.29) is 24.8 Å². The van der Waals surface area contributed by atoms with Crippen LogP contribution in [-0.2, 0) is 6.42 Å². The molecule has 1 saturated heterocycles. The number of hydrogen-bond acceptors (Lipinski definition) is 4. The minimum Gasteiger partial charge on any atom is -0.393 e. The second kappa shape index (κ2) is 7.47. The molecule has 2 amide bonds. The SMILES string of the molecule is O=C(Nc1cc(S(F)(F)(F)(F)F)ccc1N1CCC(O)CC1)NC1Cc2ccccc2C1O. The van der Waals surface area contributed by atoms with Crippen molar-refractivity contribution < 1.29 is 34.4 Å².